The maximum atomic E-state index is 13.6. The van der Waals surface area contributed by atoms with Crippen molar-refractivity contribution in [3.63, 3.8) is 0 Å². The van der Waals surface area contributed by atoms with Gasteiger partial charge in [0.15, 0.2) is 0 Å². The molecule has 0 radical (unpaired) electrons. The average molecular weight is 309 g/mol. The van der Waals surface area contributed by atoms with Crippen LogP contribution in [0.25, 0.3) is 0 Å². The smallest absolute Gasteiger partial charge is 0.130 e. The van der Waals surface area contributed by atoms with Gasteiger partial charge < -0.3 is 5.11 Å². The molecule has 0 spiro atoms. The molecule has 2 aromatic rings. The maximum absolute atomic E-state index is 13.6. The van der Waals surface area contributed by atoms with Crippen LogP contribution in [0.5, 0.6) is 0 Å². The molecular formula is C15H14BrFO. The van der Waals surface area contributed by atoms with Crippen LogP contribution in [0, 0.1) is 5.82 Å². The van der Waals surface area contributed by atoms with Crippen molar-refractivity contribution in [1.29, 1.82) is 0 Å². The Bertz CT molecular complexity index is 493. The van der Waals surface area contributed by atoms with Gasteiger partial charge in [0, 0.05) is 10.0 Å². The summed E-state index contributed by atoms with van der Waals surface area (Å²) in [5.74, 6) is -0.370. The minimum absolute atomic E-state index is 0.341. The van der Waals surface area contributed by atoms with Gasteiger partial charge in [0.1, 0.15) is 5.82 Å². The van der Waals surface area contributed by atoms with E-state index in [1.54, 1.807) is 12.1 Å². The molecule has 1 N–H and O–H groups in total. The molecule has 0 saturated carbocycles. The zero-order valence-corrected chi connectivity index (χ0v) is 11.4. The summed E-state index contributed by atoms with van der Waals surface area (Å²) in [5, 5.41) is 10.1. The molecule has 0 saturated heterocycles. The standard InChI is InChI=1S/C15H14BrFO/c16-12-7-4-8-13(17)15(12)14(18)10-9-11-5-2-1-3-6-11/h1-8,14,18H,9-10H2. The molecule has 94 valence electrons. The van der Waals surface area contributed by atoms with Gasteiger partial charge in [-0.15, -0.1) is 0 Å². The van der Waals surface area contributed by atoms with Crippen molar-refractivity contribution < 1.29 is 9.50 Å². The monoisotopic (exact) mass is 308 g/mol. The lowest BCUT2D eigenvalue weighted by Crippen LogP contribution is -2.03. The molecule has 0 aliphatic carbocycles. The zero-order chi connectivity index (χ0) is 13.0. The quantitative estimate of drug-likeness (QED) is 0.895. The molecular weight excluding hydrogens is 295 g/mol. The predicted octanol–water partition coefficient (Wildman–Crippen LogP) is 4.25. The van der Waals surface area contributed by atoms with Gasteiger partial charge in [0.05, 0.1) is 6.10 Å². The van der Waals surface area contributed by atoms with E-state index in [1.165, 1.54) is 6.07 Å². The number of aliphatic hydroxyl groups excluding tert-OH is 1. The second-order valence-electron chi connectivity index (χ2n) is 4.18. The Balaban J connectivity index is 2.06. The highest BCUT2D eigenvalue weighted by atomic mass is 79.9. The van der Waals surface area contributed by atoms with Gasteiger partial charge in [0.2, 0.25) is 0 Å². The van der Waals surface area contributed by atoms with Crippen molar-refractivity contribution in [3.8, 4) is 0 Å². The second-order valence-corrected chi connectivity index (χ2v) is 5.03. The molecule has 0 amide bonds. The summed E-state index contributed by atoms with van der Waals surface area (Å²) < 4.78 is 14.3. The molecule has 2 aromatic carbocycles. The Kier molecular flexibility index (Phi) is 4.50. The number of aryl methyl sites for hydroxylation is 1. The van der Waals surface area contributed by atoms with Crippen LogP contribution in [-0.2, 0) is 6.42 Å². The Hall–Kier alpha value is -1.19. The summed E-state index contributed by atoms with van der Waals surface area (Å²) in [6.07, 6.45) is 0.438. The summed E-state index contributed by atoms with van der Waals surface area (Å²) in [6, 6.07) is 14.6. The van der Waals surface area contributed by atoms with E-state index in [0.717, 1.165) is 12.0 Å². The van der Waals surface area contributed by atoms with Crippen LogP contribution in [-0.4, -0.2) is 5.11 Å². The van der Waals surface area contributed by atoms with Crippen molar-refractivity contribution in [1.82, 2.24) is 0 Å². The van der Waals surface area contributed by atoms with Crippen LogP contribution >= 0.6 is 15.9 Å². The van der Waals surface area contributed by atoms with E-state index in [9.17, 15) is 9.50 Å². The van der Waals surface area contributed by atoms with Crippen LogP contribution < -0.4 is 0 Å². The van der Waals surface area contributed by atoms with E-state index in [4.69, 9.17) is 0 Å². The first-order valence-electron chi connectivity index (χ1n) is 5.84. The lowest BCUT2D eigenvalue weighted by Gasteiger charge is -2.13. The first-order chi connectivity index (χ1) is 8.68. The van der Waals surface area contributed by atoms with Gasteiger partial charge in [-0.05, 0) is 30.5 Å². The van der Waals surface area contributed by atoms with Crippen LogP contribution in [0.2, 0.25) is 0 Å². The van der Waals surface area contributed by atoms with Gasteiger partial charge in [-0.3, -0.25) is 0 Å². The fraction of sp³-hybridized carbons (Fsp3) is 0.200. The molecule has 0 aliphatic rings. The summed E-state index contributed by atoms with van der Waals surface area (Å²) in [6.45, 7) is 0. The molecule has 18 heavy (non-hydrogen) atoms. The summed E-state index contributed by atoms with van der Waals surface area (Å²) in [4.78, 5) is 0. The zero-order valence-electron chi connectivity index (χ0n) is 9.81. The fourth-order valence-corrected chi connectivity index (χ4v) is 2.53. The predicted molar refractivity (Wildman–Crippen MR) is 73.8 cm³/mol. The number of benzene rings is 2. The molecule has 3 heteroatoms. The number of rotatable bonds is 4. The van der Waals surface area contributed by atoms with Gasteiger partial charge in [-0.25, -0.2) is 4.39 Å². The summed E-state index contributed by atoms with van der Waals surface area (Å²) in [7, 11) is 0. The Morgan fingerprint density at radius 2 is 1.78 bits per heavy atom. The van der Waals surface area contributed by atoms with E-state index in [2.05, 4.69) is 15.9 Å². The minimum Gasteiger partial charge on any atom is -0.388 e. The highest BCUT2D eigenvalue weighted by molar-refractivity contribution is 9.10. The molecule has 0 bridgehead atoms. The van der Waals surface area contributed by atoms with Crippen molar-refractivity contribution in [2.75, 3.05) is 0 Å². The van der Waals surface area contributed by atoms with Crippen molar-refractivity contribution >= 4 is 15.9 Å². The van der Waals surface area contributed by atoms with Gasteiger partial charge in [-0.2, -0.15) is 0 Å². The third-order valence-electron chi connectivity index (χ3n) is 2.88. The Labute approximate surface area is 114 Å². The van der Waals surface area contributed by atoms with Crippen LogP contribution in [0.4, 0.5) is 4.39 Å². The molecule has 0 aromatic heterocycles. The molecule has 0 aliphatic heterocycles. The SMILES string of the molecule is OC(CCc1ccccc1)c1c(F)cccc1Br. The maximum Gasteiger partial charge on any atom is 0.130 e. The van der Waals surface area contributed by atoms with Gasteiger partial charge >= 0.3 is 0 Å². The van der Waals surface area contributed by atoms with E-state index in [0.29, 0.717) is 16.5 Å². The lowest BCUT2D eigenvalue weighted by molar-refractivity contribution is 0.162. The van der Waals surface area contributed by atoms with E-state index in [1.807, 2.05) is 30.3 Å². The first kappa shape index (κ1) is 13.2. The number of halogens is 2. The number of hydrogen-bond acceptors (Lipinski definition) is 1. The lowest BCUT2D eigenvalue weighted by atomic mass is 10.0. The molecule has 2 rings (SSSR count). The molecule has 1 atom stereocenters. The molecule has 0 heterocycles. The van der Waals surface area contributed by atoms with E-state index in [-0.39, 0.29) is 5.82 Å². The van der Waals surface area contributed by atoms with Crippen LogP contribution in [0.15, 0.2) is 53.0 Å². The minimum atomic E-state index is -0.791. The van der Waals surface area contributed by atoms with E-state index < -0.39 is 6.10 Å². The number of hydrogen-bond donors (Lipinski definition) is 1. The van der Waals surface area contributed by atoms with Crippen LogP contribution in [0.1, 0.15) is 23.7 Å². The number of aliphatic hydroxyl groups is 1. The topological polar surface area (TPSA) is 20.2 Å². The van der Waals surface area contributed by atoms with Gasteiger partial charge in [0.25, 0.3) is 0 Å². The van der Waals surface area contributed by atoms with Gasteiger partial charge in [-0.1, -0.05) is 52.3 Å². The second kappa shape index (κ2) is 6.12. The van der Waals surface area contributed by atoms with Crippen molar-refractivity contribution in [2.45, 2.75) is 18.9 Å². The average Bonchev–Trinajstić information content (AvgIpc) is 2.37. The summed E-state index contributed by atoms with van der Waals surface area (Å²) >= 11 is 3.27. The highest BCUT2D eigenvalue weighted by Crippen LogP contribution is 2.28. The third-order valence-corrected chi connectivity index (χ3v) is 3.57. The Morgan fingerprint density at radius 3 is 2.44 bits per heavy atom. The molecule has 1 unspecified atom stereocenters. The van der Waals surface area contributed by atoms with Crippen molar-refractivity contribution in [2.24, 2.45) is 0 Å². The first-order valence-corrected chi connectivity index (χ1v) is 6.63. The van der Waals surface area contributed by atoms with Crippen molar-refractivity contribution in [3.05, 3.63) is 69.9 Å². The third kappa shape index (κ3) is 3.18. The summed E-state index contributed by atoms with van der Waals surface area (Å²) in [5.41, 5.74) is 1.48. The fourth-order valence-electron chi connectivity index (χ4n) is 1.92. The highest BCUT2D eigenvalue weighted by Gasteiger charge is 2.15. The Morgan fingerprint density at radius 1 is 1.06 bits per heavy atom. The van der Waals surface area contributed by atoms with E-state index >= 15 is 0 Å². The largest absolute Gasteiger partial charge is 0.388 e. The van der Waals surface area contributed by atoms with Crippen LogP contribution in [0.3, 0.4) is 0 Å². The molecule has 1 nitrogen and oxygen atoms in total. The normalized spacial score (nSPS) is 12.4. The molecule has 0 fully saturated rings.